The summed E-state index contributed by atoms with van der Waals surface area (Å²) in [6.45, 7) is 7.38. The number of Topliss-reactive ketones (excluding diaryl/α,β-unsaturated/α-hetero) is 1. The van der Waals surface area contributed by atoms with Crippen LogP contribution < -0.4 is 10.6 Å². The molecule has 0 aromatic rings. The molecule has 2 atom stereocenters. The molecular formula is C22H36N2O10. The zero-order valence-corrected chi connectivity index (χ0v) is 20.6. The Morgan fingerprint density at radius 1 is 0.676 bits per heavy atom. The lowest BCUT2D eigenvalue weighted by Crippen LogP contribution is -2.44. The van der Waals surface area contributed by atoms with E-state index in [0.29, 0.717) is 6.42 Å². The van der Waals surface area contributed by atoms with Crippen LogP contribution in [-0.4, -0.2) is 68.3 Å². The van der Waals surface area contributed by atoms with Gasteiger partial charge in [0.25, 0.3) is 0 Å². The molecule has 0 aliphatic carbocycles. The summed E-state index contributed by atoms with van der Waals surface area (Å²) in [5.74, 6) is -4.24. The lowest BCUT2D eigenvalue weighted by molar-refractivity contribution is -0.173. The molecule has 0 bridgehead atoms. The van der Waals surface area contributed by atoms with Crippen LogP contribution in [0.3, 0.4) is 0 Å². The zero-order valence-electron chi connectivity index (χ0n) is 20.6. The van der Waals surface area contributed by atoms with E-state index >= 15 is 0 Å². The van der Waals surface area contributed by atoms with E-state index < -0.39 is 74.1 Å². The lowest BCUT2D eigenvalue weighted by Gasteiger charge is -2.20. The molecule has 0 fully saturated rings. The van der Waals surface area contributed by atoms with Gasteiger partial charge in [0.2, 0.25) is 19.5 Å². The molecule has 0 aromatic heterocycles. The highest BCUT2D eigenvalue weighted by Crippen LogP contribution is 2.09. The Hall–Kier alpha value is -3.02. The minimum Gasteiger partial charge on any atom is -0.428 e. The standard InChI is InChI=1S/C22H36N2O10/c1-13(2)7-16(23-6)21(29)33-12-34-22(30)17(8-14(3)4)24-18(26)10-20(28)32-11-31-19(27)9-15(5)25/h13-14,16-17,23H,7-12H2,1-6H3,(H,24,26). The second-order valence-electron chi connectivity index (χ2n) is 8.47. The Balaban J connectivity index is 4.61. The number of ketones is 1. The third-order valence-corrected chi connectivity index (χ3v) is 4.21. The molecule has 0 saturated carbocycles. The number of hydrogen-bond acceptors (Lipinski definition) is 11. The summed E-state index contributed by atoms with van der Waals surface area (Å²) >= 11 is 0. The van der Waals surface area contributed by atoms with E-state index in [1.807, 2.05) is 27.7 Å². The van der Waals surface area contributed by atoms with Crippen LogP contribution in [0.15, 0.2) is 0 Å². The fourth-order valence-electron chi connectivity index (χ4n) is 2.68. The Kier molecular flexibility index (Phi) is 15.1. The predicted octanol–water partition coefficient (Wildman–Crippen LogP) is 0.608. The topological polar surface area (TPSA) is 163 Å². The number of nitrogens with one attached hydrogen (secondary N) is 2. The van der Waals surface area contributed by atoms with Crippen LogP contribution in [0.2, 0.25) is 0 Å². The van der Waals surface area contributed by atoms with Gasteiger partial charge in [-0.1, -0.05) is 27.7 Å². The van der Waals surface area contributed by atoms with Gasteiger partial charge in [0.1, 0.15) is 30.7 Å². The van der Waals surface area contributed by atoms with Crippen molar-refractivity contribution in [2.45, 2.75) is 72.4 Å². The van der Waals surface area contributed by atoms with Crippen molar-refractivity contribution in [3.8, 4) is 0 Å². The van der Waals surface area contributed by atoms with Crippen LogP contribution in [0.1, 0.15) is 60.3 Å². The number of rotatable bonds is 16. The number of ether oxygens (including phenoxy) is 4. The zero-order chi connectivity index (χ0) is 26.3. The van der Waals surface area contributed by atoms with Crippen molar-refractivity contribution >= 4 is 35.6 Å². The largest absolute Gasteiger partial charge is 0.428 e. The molecule has 0 aliphatic rings. The van der Waals surface area contributed by atoms with Gasteiger partial charge in [-0.15, -0.1) is 0 Å². The third-order valence-electron chi connectivity index (χ3n) is 4.21. The van der Waals surface area contributed by atoms with Gasteiger partial charge in [-0.3, -0.25) is 24.0 Å². The van der Waals surface area contributed by atoms with E-state index in [1.54, 1.807) is 7.05 Å². The molecule has 0 aromatic carbocycles. The van der Waals surface area contributed by atoms with Crippen LogP contribution >= 0.6 is 0 Å². The van der Waals surface area contributed by atoms with Gasteiger partial charge in [-0.2, -0.15) is 0 Å². The van der Waals surface area contributed by atoms with Gasteiger partial charge in [0.05, 0.1) is 0 Å². The van der Waals surface area contributed by atoms with Crippen molar-refractivity contribution in [1.82, 2.24) is 10.6 Å². The fourth-order valence-corrected chi connectivity index (χ4v) is 2.68. The molecule has 2 N–H and O–H groups in total. The minimum absolute atomic E-state index is 0.00671. The van der Waals surface area contributed by atoms with Gasteiger partial charge in [-0.05, 0) is 38.6 Å². The second-order valence-corrected chi connectivity index (χ2v) is 8.47. The number of amides is 1. The molecule has 0 aliphatic heterocycles. The Morgan fingerprint density at radius 2 is 1.12 bits per heavy atom. The molecule has 0 radical (unpaired) electrons. The van der Waals surface area contributed by atoms with Crippen LogP contribution in [-0.2, 0) is 47.7 Å². The van der Waals surface area contributed by atoms with Crippen molar-refractivity contribution in [1.29, 1.82) is 0 Å². The molecule has 12 nitrogen and oxygen atoms in total. The number of carbonyl (C=O) groups excluding carboxylic acids is 6. The molecule has 2 unspecified atom stereocenters. The van der Waals surface area contributed by atoms with Crippen molar-refractivity contribution in [3.63, 3.8) is 0 Å². The predicted molar refractivity (Wildman–Crippen MR) is 118 cm³/mol. The molecule has 34 heavy (non-hydrogen) atoms. The molecule has 12 heteroatoms. The minimum atomic E-state index is -1.08. The lowest BCUT2D eigenvalue weighted by atomic mass is 10.0. The van der Waals surface area contributed by atoms with Crippen molar-refractivity contribution in [2.24, 2.45) is 11.8 Å². The normalized spacial score (nSPS) is 12.5. The highest BCUT2D eigenvalue weighted by molar-refractivity contribution is 5.96. The first kappa shape index (κ1) is 31.0. The average molecular weight is 489 g/mol. The first-order valence-electron chi connectivity index (χ1n) is 11.0. The van der Waals surface area contributed by atoms with Gasteiger partial charge < -0.3 is 29.6 Å². The summed E-state index contributed by atoms with van der Waals surface area (Å²) in [6, 6.07) is -1.62. The van der Waals surface area contributed by atoms with Gasteiger partial charge >= 0.3 is 23.9 Å². The van der Waals surface area contributed by atoms with Gasteiger partial charge in [0.15, 0.2) is 0 Å². The second kappa shape index (κ2) is 16.6. The molecule has 0 heterocycles. The quantitative estimate of drug-likeness (QED) is 0.178. The molecule has 0 rings (SSSR count). The van der Waals surface area contributed by atoms with Crippen LogP contribution in [0.25, 0.3) is 0 Å². The molecule has 1 amide bonds. The summed E-state index contributed by atoms with van der Waals surface area (Å²) in [7, 11) is 1.62. The maximum Gasteiger partial charge on any atom is 0.331 e. The third kappa shape index (κ3) is 14.9. The SMILES string of the molecule is CNC(CC(C)C)C(=O)OCOC(=O)C(CC(C)C)NC(=O)CC(=O)OCOC(=O)CC(C)=O. The Labute approximate surface area is 199 Å². The maximum absolute atomic E-state index is 12.4. The van der Waals surface area contributed by atoms with E-state index in [4.69, 9.17) is 9.47 Å². The van der Waals surface area contributed by atoms with Gasteiger partial charge in [0, 0.05) is 0 Å². The van der Waals surface area contributed by atoms with Crippen LogP contribution in [0.4, 0.5) is 0 Å². The summed E-state index contributed by atoms with van der Waals surface area (Å²) in [6.07, 6.45) is -0.441. The van der Waals surface area contributed by atoms with Crippen molar-refractivity contribution in [2.75, 3.05) is 20.6 Å². The van der Waals surface area contributed by atoms with E-state index in [-0.39, 0.29) is 18.3 Å². The number of likely N-dealkylation sites (N-methyl/N-ethyl adjacent to an activating group) is 1. The summed E-state index contributed by atoms with van der Waals surface area (Å²) < 4.78 is 19.1. The molecule has 0 saturated heterocycles. The first-order valence-corrected chi connectivity index (χ1v) is 11.0. The summed E-state index contributed by atoms with van der Waals surface area (Å²) in [5.41, 5.74) is 0. The maximum atomic E-state index is 12.4. The smallest absolute Gasteiger partial charge is 0.331 e. The Bertz CT molecular complexity index is 720. The van der Waals surface area contributed by atoms with Crippen molar-refractivity contribution in [3.05, 3.63) is 0 Å². The van der Waals surface area contributed by atoms with E-state index in [1.165, 1.54) is 6.92 Å². The monoisotopic (exact) mass is 488 g/mol. The number of hydrogen-bond donors (Lipinski definition) is 2. The molecular weight excluding hydrogens is 452 g/mol. The number of carbonyl (C=O) groups is 6. The molecule has 194 valence electrons. The van der Waals surface area contributed by atoms with Gasteiger partial charge in [-0.25, -0.2) is 4.79 Å². The highest BCUT2D eigenvalue weighted by Gasteiger charge is 2.26. The van der Waals surface area contributed by atoms with E-state index in [0.717, 1.165) is 0 Å². The fraction of sp³-hybridized carbons (Fsp3) is 0.727. The molecule has 0 spiro atoms. The van der Waals surface area contributed by atoms with E-state index in [2.05, 4.69) is 20.1 Å². The van der Waals surface area contributed by atoms with Crippen LogP contribution in [0.5, 0.6) is 0 Å². The number of esters is 4. The highest BCUT2D eigenvalue weighted by atomic mass is 16.7. The summed E-state index contributed by atoms with van der Waals surface area (Å²) in [4.78, 5) is 70.3. The summed E-state index contributed by atoms with van der Waals surface area (Å²) in [5, 5.41) is 5.22. The van der Waals surface area contributed by atoms with E-state index in [9.17, 15) is 28.8 Å². The first-order chi connectivity index (χ1) is 15.8. The average Bonchev–Trinajstić information content (AvgIpc) is 2.70. The van der Waals surface area contributed by atoms with Crippen LogP contribution in [0, 0.1) is 11.8 Å². The Morgan fingerprint density at radius 3 is 1.59 bits per heavy atom. The van der Waals surface area contributed by atoms with Crippen molar-refractivity contribution < 1.29 is 47.7 Å².